The molecule has 0 bridgehead atoms. The highest BCUT2D eigenvalue weighted by Gasteiger charge is 2.35. The molecule has 1 atom stereocenters. The molecular formula is C22H21N3O. The summed E-state index contributed by atoms with van der Waals surface area (Å²) in [6.45, 7) is 4.19. The molecular weight excluding hydrogens is 322 g/mol. The molecule has 0 spiro atoms. The van der Waals surface area contributed by atoms with Gasteiger partial charge in [-0.1, -0.05) is 24.3 Å². The van der Waals surface area contributed by atoms with Crippen LogP contribution in [0.2, 0.25) is 0 Å². The van der Waals surface area contributed by atoms with Crippen molar-refractivity contribution in [3.8, 4) is 0 Å². The van der Waals surface area contributed by atoms with Crippen LogP contribution < -0.4 is 9.80 Å². The van der Waals surface area contributed by atoms with Gasteiger partial charge in [-0.2, -0.15) is 0 Å². The fraction of sp³-hybridized carbons (Fsp3) is 0.227. The Morgan fingerprint density at radius 1 is 1.08 bits per heavy atom. The zero-order valence-electron chi connectivity index (χ0n) is 17.0. The third kappa shape index (κ3) is 1.93. The summed E-state index contributed by atoms with van der Waals surface area (Å²) in [5.74, 6) is 0. The number of aromatic nitrogens is 1. The van der Waals surface area contributed by atoms with Crippen LogP contribution in [0.15, 0.2) is 59.1 Å². The van der Waals surface area contributed by atoms with Gasteiger partial charge in [0.2, 0.25) is 5.71 Å². The molecule has 4 aromatic rings. The smallest absolute Gasteiger partial charge is 0.227 e. The van der Waals surface area contributed by atoms with Crippen molar-refractivity contribution in [1.29, 1.82) is 0 Å². The Bertz CT molecular complexity index is 1210. The molecule has 0 unspecified atom stereocenters. The molecule has 0 amide bonds. The van der Waals surface area contributed by atoms with Crippen LogP contribution in [0.5, 0.6) is 0 Å². The van der Waals surface area contributed by atoms with Crippen LogP contribution in [0.1, 0.15) is 22.2 Å². The van der Waals surface area contributed by atoms with Gasteiger partial charge in [-0.05, 0) is 50.6 Å². The van der Waals surface area contributed by atoms with Crippen molar-refractivity contribution in [2.24, 2.45) is 0 Å². The Morgan fingerprint density at radius 2 is 1.88 bits per heavy atom. The van der Waals surface area contributed by atoms with Crippen molar-refractivity contribution in [3.05, 3.63) is 60.3 Å². The second-order valence-electron chi connectivity index (χ2n) is 6.65. The van der Waals surface area contributed by atoms with Crippen molar-refractivity contribution in [2.45, 2.75) is 26.9 Å². The molecule has 1 aliphatic rings. The predicted molar refractivity (Wildman–Crippen MR) is 107 cm³/mol. The summed E-state index contributed by atoms with van der Waals surface area (Å²) >= 11 is 0. The Hall–Kier alpha value is -3.01. The fourth-order valence-corrected chi connectivity index (χ4v) is 4.06. The van der Waals surface area contributed by atoms with Crippen LogP contribution >= 0.6 is 0 Å². The maximum absolute atomic E-state index is 8.38. The fourth-order valence-electron chi connectivity index (χ4n) is 4.06. The van der Waals surface area contributed by atoms with Gasteiger partial charge in [0.25, 0.3) is 0 Å². The maximum Gasteiger partial charge on any atom is 0.227 e. The van der Waals surface area contributed by atoms with Crippen molar-refractivity contribution >= 4 is 39.1 Å². The van der Waals surface area contributed by atoms with Crippen LogP contribution in [-0.2, 0) is 0 Å². The molecule has 130 valence electrons. The maximum atomic E-state index is 8.38. The minimum atomic E-state index is -1.50. The van der Waals surface area contributed by atoms with E-state index in [0.717, 1.165) is 39.0 Å². The van der Waals surface area contributed by atoms with Gasteiger partial charge in [-0.3, -0.25) is 0 Å². The number of pyridine rings is 1. The summed E-state index contributed by atoms with van der Waals surface area (Å²) in [4.78, 5) is 8.38. The van der Waals surface area contributed by atoms with Crippen LogP contribution in [0.4, 0.5) is 17.1 Å². The number of rotatable bonds is 2. The van der Waals surface area contributed by atoms with Gasteiger partial charge < -0.3 is 14.2 Å². The molecule has 2 aromatic carbocycles. The highest BCUT2D eigenvalue weighted by Crippen LogP contribution is 2.48. The Kier molecular flexibility index (Phi) is 2.80. The molecule has 26 heavy (non-hydrogen) atoms. The first-order valence-corrected chi connectivity index (χ1v) is 8.82. The monoisotopic (exact) mass is 345 g/mol. The van der Waals surface area contributed by atoms with E-state index < -0.39 is 6.50 Å². The number of para-hydroxylation sites is 2. The summed E-state index contributed by atoms with van der Waals surface area (Å²) in [5.41, 5.74) is 5.30. The summed E-state index contributed by atoms with van der Waals surface area (Å²) < 4.78 is 23.0. The van der Waals surface area contributed by atoms with Crippen LogP contribution in [0, 0.1) is 6.92 Å². The SMILES string of the molecule is [2H]C([2H])(C)N1c2ccccc2N(c2c(C)ccc3c2oc2ncccc23)[C@H]1C. The molecule has 0 aliphatic carbocycles. The molecule has 0 saturated heterocycles. The number of nitrogens with zero attached hydrogens (tertiary/aromatic N) is 3. The molecule has 3 heterocycles. The van der Waals surface area contributed by atoms with E-state index >= 15 is 0 Å². The number of fused-ring (bicyclic) bond motifs is 4. The van der Waals surface area contributed by atoms with Crippen molar-refractivity contribution in [1.82, 2.24) is 4.98 Å². The first-order chi connectivity index (χ1) is 13.4. The van der Waals surface area contributed by atoms with E-state index in [4.69, 9.17) is 7.16 Å². The topological polar surface area (TPSA) is 32.5 Å². The Morgan fingerprint density at radius 3 is 2.69 bits per heavy atom. The predicted octanol–water partition coefficient (Wildman–Crippen LogP) is 5.61. The molecule has 1 aliphatic heterocycles. The summed E-state index contributed by atoms with van der Waals surface area (Å²) in [6, 6.07) is 16.1. The van der Waals surface area contributed by atoms with Crippen molar-refractivity contribution in [2.75, 3.05) is 16.3 Å². The van der Waals surface area contributed by atoms with Gasteiger partial charge >= 0.3 is 0 Å². The van der Waals surface area contributed by atoms with Gasteiger partial charge in [-0.25, -0.2) is 4.98 Å². The van der Waals surface area contributed by atoms with Gasteiger partial charge in [0, 0.05) is 26.2 Å². The quantitative estimate of drug-likeness (QED) is 0.472. The number of aryl methyl sites for hydroxylation is 1. The lowest BCUT2D eigenvalue weighted by Gasteiger charge is -2.30. The van der Waals surface area contributed by atoms with Gasteiger partial charge in [0.15, 0.2) is 5.58 Å². The van der Waals surface area contributed by atoms with Crippen molar-refractivity contribution < 1.29 is 7.16 Å². The highest BCUT2D eigenvalue weighted by molar-refractivity contribution is 6.09. The minimum Gasteiger partial charge on any atom is -0.435 e. The number of anilines is 3. The van der Waals surface area contributed by atoms with E-state index in [1.807, 2.05) is 48.2 Å². The number of furan rings is 1. The van der Waals surface area contributed by atoms with Gasteiger partial charge in [0.05, 0.1) is 17.1 Å². The second-order valence-corrected chi connectivity index (χ2v) is 6.65. The highest BCUT2D eigenvalue weighted by atomic mass is 16.3. The zero-order valence-corrected chi connectivity index (χ0v) is 15.0. The van der Waals surface area contributed by atoms with E-state index in [9.17, 15) is 0 Å². The average molecular weight is 345 g/mol. The molecule has 2 aromatic heterocycles. The molecule has 4 heteroatoms. The average Bonchev–Trinajstić information content (AvgIpc) is 3.16. The third-order valence-electron chi connectivity index (χ3n) is 5.22. The van der Waals surface area contributed by atoms with Gasteiger partial charge in [0.1, 0.15) is 6.17 Å². The Labute approximate surface area is 155 Å². The van der Waals surface area contributed by atoms with E-state index in [2.05, 4.69) is 28.9 Å². The van der Waals surface area contributed by atoms with E-state index in [1.165, 1.54) is 0 Å². The van der Waals surface area contributed by atoms with Crippen LogP contribution in [0.3, 0.4) is 0 Å². The van der Waals surface area contributed by atoms with Crippen LogP contribution in [0.25, 0.3) is 22.1 Å². The normalized spacial score (nSPS) is 18.3. The van der Waals surface area contributed by atoms with Crippen LogP contribution in [-0.4, -0.2) is 17.6 Å². The summed E-state index contributed by atoms with van der Waals surface area (Å²) in [5, 5.41) is 2.01. The number of hydrogen-bond donors (Lipinski definition) is 0. The lowest BCUT2D eigenvalue weighted by molar-refractivity contribution is 0.644. The first kappa shape index (κ1) is 13.2. The summed E-state index contributed by atoms with van der Waals surface area (Å²) in [7, 11) is 0. The van der Waals surface area contributed by atoms with E-state index in [1.54, 1.807) is 13.1 Å². The Balaban J connectivity index is 1.82. The minimum absolute atomic E-state index is 0.206. The summed E-state index contributed by atoms with van der Waals surface area (Å²) in [6.07, 6.45) is 1.53. The van der Waals surface area contributed by atoms with E-state index in [0.29, 0.717) is 5.71 Å². The zero-order chi connectivity index (χ0) is 19.6. The molecule has 0 N–H and O–H groups in total. The van der Waals surface area contributed by atoms with Crippen molar-refractivity contribution in [3.63, 3.8) is 0 Å². The molecule has 0 saturated carbocycles. The third-order valence-corrected chi connectivity index (χ3v) is 5.22. The van der Waals surface area contributed by atoms with Gasteiger partial charge in [-0.15, -0.1) is 0 Å². The lowest BCUT2D eigenvalue weighted by Crippen LogP contribution is -2.38. The second kappa shape index (κ2) is 5.49. The first-order valence-electron chi connectivity index (χ1n) is 9.82. The van der Waals surface area contributed by atoms with E-state index in [-0.39, 0.29) is 6.17 Å². The number of benzene rings is 2. The molecule has 0 radical (unpaired) electrons. The number of hydrogen-bond acceptors (Lipinski definition) is 4. The molecule has 5 rings (SSSR count). The standard InChI is InChI=1S/C22H21N3O/c1-4-24-15(3)25(19-10-6-5-9-18(19)24)20-14(2)11-12-16-17-8-7-13-23-22(17)26-21(16)20/h5-13,15H,4H2,1-3H3/t15-/m0/s1/i4D2. The molecule has 4 nitrogen and oxygen atoms in total. The molecule has 0 fully saturated rings. The largest absolute Gasteiger partial charge is 0.435 e. The lowest BCUT2D eigenvalue weighted by atomic mass is 10.1.